The standard InChI is InChI=1S/C8H11IN2O/c1-8(2,3)7-10-4-5(9)6(12)11-7/h4H,1-3H3,(H,10,11,12). The van der Waals surface area contributed by atoms with Crippen LogP contribution in [0.4, 0.5) is 0 Å². The second kappa shape index (κ2) is 3.16. The molecule has 1 N–H and O–H groups in total. The number of rotatable bonds is 0. The molecule has 4 heteroatoms. The summed E-state index contributed by atoms with van der Waals surface area (Å²) in [5.74, 6) is 0.730. The monoisotopic (exact) mass is 278 g/mol. The summed E-state index contributed by atoms with van der Waals surface area (Å²) >= 11 is 1.96. The molecule has 1 aromatic heterocycles. The van der Waals surface area contributed by atoms with Gasteiger partial charge < -0.3 is 4.98 Å². The molecule has 0 aliphatic rings. The zero-order valence-electron chi connectivity index (χ0n) is 7.31. The van der Waals surface area contributed by atoms with Gasteiger partial charge in [-0.25, -0.2) is 4.98 Å². The zero-order chi connectivity index (χ0) is 9.35. The van der Waals surface area contributed by atoms with E-state index in [-0.39, 0.29) is 11.0 Å². The Morgan fingerprint density at radius 2 is 2.08 bits per heavy atom. The number of H-pyrrole nitrogens is 1. The van der Waals surface area contributed by atoms with Gasteiger partial charge in [0, 0.05) is 11.6 Å². The number of aromatic nitrogens is 2. The SMILES string of the molecule is CC(C)(C)c1ncc(I)c(=O)[nH]1. The molecule has 0 saturated carbocycles. The highest BCUT2D eigenvalue weighted by Crippen LogP contribution is 2.15. The van der Waals surface area contributed by atoms with E-state index in [4.69, 9.17) is 0 Å². The topological polar surface area (TPSA) is 45.8 Å². The van der Waals surface area contributed by atoms with Crippen molar-refractivity contribution in [3.05, 3.63) is 25.9 Å². The number of hydrogen-bond donors (Lipinski definition) is 1. The summed E-state index contributed by atoms with van der Waals surface area (Å²) in [6, 6.07) is 0. The third kappa shape index (κ3) is 2.06. The van der Waals surface area contributed by atoms with Crippen LogP contribution in [0.3, 0.4) is 0 Å². The fourth-order valence-corrected chi connectivity index (χ4v) is 1.03. The van der Waals surface area contributed by atoms with Gasteiger partial charge in [-0.1, -0.05) is 20.8 Å². The lowest BCUT2D eigenvalue weighted by Crippen LogP contribution is -2.22. The molecule has 0 saturated heterocycles. The van der Waals surface area contributed by atoms with Crippen LogP contribution < -0.4 is 5.56 Å². The number of nitrogens with one attached hydrogen (secondary N) is 1. The Balaban J connectivity index is 3.23. The highest BCUT2D eigenvalue weighted by atomic mass is 127. The molecule has 0 bridgehead atoms. The van der Waals surface area contributed by atoms with E-state index in [2.05, 4.69) is 9.97 Å². The van der Waals surface area contributed by atoms with Gasteiger partial charge in [0.1, 0.15) is 5.82 Å². The predicted molar refractivity (Wildman–Crippen MR) is 56.3 cm³/mol. The van der Waals surface area contributed by atoms with Gasteiger partial charge in [0.2, 0.25) is 0 Å². The normalized spacial score (nSPS) is 11.7. The second-order valence-corrected chi connectivity index (χ2v) is 4.82. The third-order valence-corrected chi connectivity index (χ3v) is 2.23. The summed E-state index contributed by atoms with van der Waals surface area (Å²) < 4.78 is 0.626. The van der Waals surface area contributed by atoms with Crippen molar-refractivity contribution in [1.29, 1.82) is 0 Å². The molecule has 3 nitrogen and oxygen atoms in total. The molecular weight excluding hydrogens is 267 g/mol. The summed E-state index contributed by atoms with van der Waals surface area (Å²) in [4.78, 5) is 18.1. The molecule has 1 heterocycles. The van der Waals surface area contributed by atoms with Gasteiger partial charge >= 0.3 is 0 Å². The Morgan fingerprint density at radius 1 is 1.50 bits per heavy atom. The molecule has 1 aromatic rings. The highest BCUT2D eigenvalue weighted by Gasteiger charge is 2.16. The van der Waals surface area contributed by atoms with E-state index in [1.54, 1.807) is 6.20 Å². The lowest BCUT2D eigenvalue weighted by molar-refractivity contribution is 0.542. The molecule has 0 aliphatic carbocycles. The molecule has 0 aliphatic heterocycles. The maximum absolute atomic E-state index is 11.2. The van der Waals surface area contributed by atoms with Gasteiger partial charge in [-0.3, -0.25) is 4.79 Å². The quantitative estimate of drug-likeness (QED) is 0.734. The maximum atomic E-state index is 11.2. The van der Waals surface area contributed by atoms with E-state index < -0.39 is 0 Å². The maximum Gasteiger partial charge on any atom is 0.264 e. The van der Waals surface area contributed by atoms with Crippen LogP contribution in [0.25, 0.3) is 0 Å². The van der Waals surface area contributed by atoms with Crippen molar-refractivity contribution in [1.82, 2.24) is 9.97 Å². The van der Waals surface area contributed by atoms with Crippen LogP contribution in [0.15, 0.2) is 11.0 Å². The van der Waals surface area contributed by atoms with E-state index in [9.17, 15) is 4.79 Å². The molecule has 12 heavy (non-hydrogen) atoms. The van der Waals surface area contributed by atoms with Crippen molar-refractivity contribution >= 4 is 22.6 Å². The zero-order valence-corrected chi connectivity index (χ0v) is 9.47. The Labute approximate surface area is 84.8 Å². The van der Waals surface area contributed by atoms with Gasteiger partial charge in [-0.2, -0.15) is 0 Å². The van der Waals surface area contributed by atoms with Crippen LogP contribution in [-0.2, 0) is 5.41 Å². The number of halogens is 1. The van der Waals surface area contributed by atoms with Crippen molar-refractivity contribution in [2.45, 2.75) is 26.2 Å². The molecule has 1 rings (SSSR count). The van der Waals surface area contributed by atoms with Crippen molar-refractivity contribution in [2.24, 2.45) is 0 Å². The van der Waals surface area contributed by atoms with Crippen LogP contribution in [0, 0.1) is 3.57 Å². The van der Waals surface area contributed by atoms with Crippen molar-refractivity contribution in [2.75, 3.05) is 0 Å². The largest absolute Gasteiger partial charge is 0.309 e. The molecular formula is C8H11IN2O. The fourth-order valence-electron chi connectivity index (χ4n) is 0.761. The lowest BCUT2D eigenvalue weighted by atomic mass is 9.96. The number of nitrogens with zero attached hydrogens (tertiary/aromatic N) is 1. The minimum atomic E-state index is -0.0938. The first-order valence-corrected chi connectivity index (χ1v) is 4.74. The van der Waals surface area contributed by atoms with Gasteiger partial charge in [-0.05, 0) is 22.6 Å². The minimum absolute atomic E-state index is 0.0597. The van der Waals surface area contributed by atoms with E-state index in [0.29, 0.717) is 3.57 Å². The molecule has 0 spiro atoms. The summed E-state index contributed by atoms with van der Waals surface area (Å²) in [6.07, 6.45) is 1.60. The van der Waals surface area contributed by atoms with Gasteiger partial charge in [0.15, 0.2) is 0 Å². The Morgan fingerprint density at radius 3 is 2.50 bits per heavy atom. The molecule has 66 valence electrons. The summed E-state index contributed by atoms with van der Waals surface area (Å²) in [6.45, 7) is 6.04. The van der Waals surface area contributed by atoms with Crippen molar-refractivity contribution in [3.63, 3.8) is 0 Å². The predicted octanol–water partition coefficient (Wildman–Crippen LogP) is 1.67. The molecule has 0 amide bonds. The second-order valence-electron chi connectivity index (χ2n) is 3.66. The molecule has 0 fully saturated rings. The van der Waals surface area contributed by atoms with E-state index in [1.165, 1.54) is 0 Å². The van der Waals surface area contributed by atoms with Gasteiger partial charge in [0.25, 0.3) is 5.56 Å². The average Bonchev–Trinajstić information content (AvgIpc) is 1.92. The first kappa shape index (κ1) is 9.70. The van der Waals surface area contributed by atoms with E-state index in [1.807, 2.05) is 43.4 Å². The van der Waals surface area contributed by atoms with E-state index >= 15 is 0 Å². The molecule has 0 unspecified atom stereocenters. The lowest BCUT2D eigenvalue weighted by Gasteiger charge is -2.16. The first-order valence-electron chi connectivity index (χ1n) is 3.66. The van der Waals surface area contributed by atoms with Crippen LogP contribution in [0.1, 0.15) is 26.6 Å². The van der Waals surface area contributed by atoms with Crippen LogP contribution >= 0.6 is 22.6 Å². The average molecular weight is 278 g/mol. The van der Waals surface area contributed by atoms with Crippen LogP contribution in [-0.4, -0.2) is 9.97 Å². The Hall–Kier alpha value is -0.390. The number of hydrogen-bond acceptors (Lipinski definition) is 2. The van der Waals surface area contributed by atoms with Gasteiger partial charge in [0.05, 0.1) is 3.57 Å². The molecule has 0 radical (unpaired) electrons. The van der Waals surface area contributed by atoms with E-state index in [0.717, 1.165) is 5.82 Å². The smallest absolute Gasteiger partial charge is 0.264 e. The van der Waals surface area contributed by atoms with Crippen molar-refractivity contribution in [3.8, 4) is 0 Å². The molecule has 0 atom stereocenters. The Kier molecular flexibility index (Phi) is 2.55. The molecule has 0 aromatic carbocycles. The Bertz CT molecular complexity index is 338. The van der Waals surface area contributed by atoms with Crippen LogP contribution in [0.2, 0.25) is 0 Å². The van der Waals surface area contributed by atoms with Gasteiger partial charge in [-0.15, -0.1) is 0 Å². The van der Waals surface area contributed by atoms with Crippen LogP contribution in [0.5, 0.6) is 0 Å². The summed E-state index contributed by atoms with van der Waals surface area (Å²) in [5.41, 5.74) is -0.153. The fraction of sp³-hybridized carbons (Fsp3) is 0.500. The summed E-state index contributed by atoms with van der Waals surface area (Å²) in [7, 11) is 0. The first-order chi connectivity index (χ1) is 5.41. The third-order valence-electron chi connectivity index (χ3n) is 1.47. The number of aromatic amines is 1. The van der Waals surface area contributed by atoms with Crippen molar-refractivity contribution < 1.29 is 0 Å². The highest BCUT2D eigenvalue weighted by molar-refractivity contribution is 14.1. The summed E-state index contributed by atoms with van der Waals surface area (Å²) in [5, 5.41) is 0. The minimum Gasteiger partial charge on any atom is -0.309 e.